The highest BCUT2D eigenvalue weighted by atomic mass is 16.5. The van der Waals surface area contributed by atoms with Gasteiger partial charge in [0.25, 0.3) is 0 Å². The first-order chi connectivity index (χ1) is 8.04. The molecular formula is C13H13NO3. The summed E-state index contributed by atoms with van der Waals surface area (Å²) in [6, 6.07) is 5.12. The Labute approximate surface area is 98.9 Å². The van der Waals surface area contributed by atoms with Gasteiger partial charge in [-0.3, -0.25) is 0 Å². The molecule has 0 aliphatic heterocycles. The predicted molar refractivity (Wildman–Crippen MR) is 63.8 cm³/mol. The maximum Gasteiger partial charge on any atom is 0.336 e. The molecular weight excluding hydrogens is 218 g/mol. The summed E-state index contributed by atoms with van der Waals surface area (Å²) in [7, 11) is 0. The number of benzene rings is 1. The number of hydrogen-bond donors (Lipinski definition) is 0. The number of nitrogens with zero attached hydrogens (tertiary/aromatic N) is 1. The quantitative estimate of drug-likeness (QED) is 0.453. The fourth-order valence-electron chi connectivity index (χ4n) is 1.46. The predicted octanol–water partition coefficient (Wildman–Crippen LogP) is 3.01. The number of ether oxygens (including phenoxy) is 1. The minimum atomic E-state index is -0.388. The van der Waals surface area contributed by atoms with Crippen molar-refractivity contribution >= 4 is 17.1 Å². The third kappa shape index (κ3) is 2.72. The Balaban J connectivity index is 2.25. The largest absolute Gasteiger partial charge is 0.441 e. The topological polar surface area (TPSA) is 52.3 Å². The first-order valence-corrected chi connectivity index (χ1v) is 5.28. The van der Waals surface area contributed by atoms with Crippen molar-refractivity contribution in [2.24, 2.45) is 0 Å². The van der Waals surface area contributed by atoms with Crippen LogP contribution in [0.4, 0.5) is 0 Å². The van der Waals surface area contributed by atoms with E-state index < -0.39 is 0 Å². The Kier molecular flexibility index (Phi) is 2.95. The molecule has 0 bridgehead atoms. The first-order valence-electron chi connectivity index (χ1n) is 5.28. The lowest BCUT2D eigenvalue weighted by molar-refractivity contribution is -0.129. The normalized spacial score (nSPS) is 10.3. The SMILES string of the molecule is CC(C)=CC(=O)Oc1ccc2nc(C)oc2c1. The second-order valence-electron chi connectivity index (χ2n) is 4.01. The summed E-state index contributed by atoms with van der Waals surface area (Å²) in [5.74, 6) is 0.657. The second kappa shape index (κ2) is 4.41. The number of aromatic nitrogens is 1. The molecule has 0 fully saturated rings. The summed E-state index contributed by atoms with van der Waals surface area (Å²) in [5.41, 5.74) is 2.26. The fraction of sp³-hybridized carbons (Fsp3) is 0.231. The highest BCUT2D eigenvalue weighted by molar-refractivity contribution is 5.85. The number of esters is 1. The molecule has 0 atom stereocenters. The van der Waals surface area contributed by atoms with Crippen molar-refractivity contribution in [1.29, 1.82) is 0 Å². The van der Waals surface area contributed by atoms with Crippen molar-refractivity contribution in [1.82, 2.24) is 4.98 Å². The van der Waals surface area contributed by atoms with Gasteiger partial charge in [-0.15, -0.1) is 0 Å². The minimum absolute atomic E-state index is 0.388. The number of fused-ring (bicyclic) bond motifs is 1. The number of rotatable bonds is 2. The number of carbonyl (C=O) groups excluding carboxylic acids is 1. The van der Waals surface area contributed by atoms with Crippen LogP contribution in [0.1, 0.15) is 19.7 Å². The summed E-state index contributed by atoms with van der Waals surface area (Å²) in [5, 5.41) is 0. The van der Waals surface area contributed by atoms with Gasteiger partial charge in [0.2, 0.25) is 0 Å². The summed E-state index contributed by atoms with van der Waals surface area (Å²) in [6.45, 7) is 5.45. The third-order valence-corrected chi connectivity index (χ3v) is 2.09. The molecule has 0 N–H and O–H groups in total. The Morgan fingerprint density at radius 1 is 1.41 bits per heavy atom. The zero-order chi connectivity index (χ0) is 12.4. The molecule has 0 aliphatic rings. The van der Waals surface area contributed by atoms with Crippen LogP contribution in [-0.2, 0) is 4.79 Å². The van der Waals surface area contributed by atoms with Gasteiger partial charge in [0, 0.05) is 19.1 Å². The van der Waals surface area contributed by atoms with Crippen LogP contribution in [0.5, 0.6) is 5.75 Å². The smallest absolute Gasteiger partial charge is 0.336 e. The number of oxazole rings is 1. The molecule has 0 saturated heterocycles. The van der Waals surface area contributed by atoms with Gasteiger partial charge in [0.1, 0.15) is 11.3 Å². The van der Waals surface area contributed by atoms with Crippen LogP contribution >= 0.6 is 0 Å². The number of hydrogen-bond acceptors (Lipinski definition) is 4. The molecule has 1 heterocycles. The summed E-state index contributed by atoms with van der Waals surface area (Å²) >= 11 is 0. The lowest BCUT2D eigenvalue weighted by Crippen LogP contribution is -2.04. The van der Waals surface area contributed by atoms with Crippen LogP contribution in [0.2, 0.25) is 0 Å². The molecule has 0 aliphatic carbocycles. The van der Waals surface area contributed by atoms with Crippen molar-refractivity contribution < 1.29 is 13.9 Å². The van der Waals surface area contributed by atoms with Gasteiger partial charge < -0.3 is 9.15 Å². The number of aryl methyl sites for hydroxylation is 1. The van der Waals surface area contributed by atoms with Gasteiger partial charge in [0.05, 0.1) is 0 Å². The molecule has 0 amide bonds. The van der Waals surface area contributed by atoms with Crippen LogP contribution in [0.25, 0.3) is 11.1 Å². The van der Waals surface area contributed by atoms with E-state index in [1.54, 1.807) is 25.1 Å². The lowest BCUT2D eigenvalue weighted by Gasteiger charge is -2.00. The van der Waals surface area contributed by atoms with Crippen LogP contribution in [0, 0.1) is 6.92 Å². The van der Waals surface area contributed by atoms with E-state index in [9.17, 15) is 4.79 Å². The zero-order valence-corrected chi connectivity index (χ0v) is 9.98. The lowest BCUT2D eigenvalue weighted by atomic mass is 10.3. The number of allylic oxidation sites excluding steroid dienone is 1. The Bertz CT molecular complexity index is 592. The molecule has 0 spiro atoms. The van der Waals surface area contributed by atoms with E-state index in [0.29, 0.717) is 17.2 Å². The van der Waals surface area contributed by atoms with Gasteiger partial charge in [0.15, 0.2) is 11.5 Å². The van der Waals surface area contributed by atoms with Crippen molar-refractivity contribution in [2.45, 2.75) is 20.8 Å². The fourth-order valence-corrected chi connectivity index (χ4v) is 1.46. The van der Waals surface area contributed by atoms with E-state index in [2.05, 4.69) is 4.98 Å². The van der Waals surface area contributed by atoms with E-state index in [-0.39, 0.29) is 5.97 Å². The number of carbonyl (C=O) groups is 1. The van der Waals surface area contributed by atoms with E-state index >= 15 is 0 Å². The summed E-state index contributed by atoms with van der Waals surface area (Å²) < 4.78 is 10.5. The molecule has 1 aromatic carbocycles. The summed E-state index contributed by atoms with van der Waals surface area (Å²) in [4.78, 5) is 15.6. The van der Waals surface area contributed by atoms with Gasteiger partial charge >= 0.3 is 5.97 Å². The Morgan fingerprint density at radius 3 is 2.88 bits per heavy atom. The van der Waals surface area contributed by atoms with Gasteiger partial charge in [-0.25, -0.2) is 9.78 Å². The first kappa shape index (κ1) is 11.4. The maximum atomic E-state index is 11.4. The molecule has 4 nitrogen and oxygen atoms in total. The molecule has 88 valence electrons. The van der Waals surface area contributed by atoms with E-state index in [1.807, 2.05) is 13.8 Å². The van der Waals surface area contributed by atoms with Crippen LogP contribution in [0.15, 0.2) is 34.3 Å². The van der Waals surface area contributed by atoms with Crippen LogP contribution in [-0.4, -0.2) is 11.0 Å². The van der Waals surface area contributed by atoms with Crippen molar-refractivity contribution in [3.05, 3.63) is 35.7 Å². The molecule has 0 unspecified atom stereocenters. The van der Waals surface area contributed by atoms with E-state index in [1.165, 1.54) is 6.08 Å². The monoisotopic (exact) mass is 231 g/mol. The third-order valence-electron chi connectivity index (χ3n) is 2.09. The van der Waals surface area contributed by atoms with Crippen molar-refractivity contribution in [2.75, 3.05) is 0 Å². The maximum absolute atomic E-state index is 11.4. The Morgan fingerprint density at radius 2 is 2.18 bits per heavy atom. The van der Waals surface area contributed by atoms with E-state index in [4.69, 9.17) is 9.15 Å². The molecule has 2 rings (SSSR count). The van der Waals surface area contributed by atoms with Crippen molar-refractivity contribution in [3.8, 4) is 5.75 Å². The van der Waals surface area contributed by atoms with Gasteiger partial charge in [-0.05, 0) is 26.0 Å². The molecule has 17 heavy (non-hydrogen) atoms. The van der Waals surface area contributed by atoms with Gasteiger partial charge in [-0.1, -0.05) is 5.57 Å². The standard InChI is InChI=1S/C13H13NO3/c1-8(2)6-13(15)17-10-4-5-11-12(7-10)16-9(3)14-11/h4-7H,1-3H3. The molecule has 0 saturated carbocycles. The zero-order valence-electron chi connectivity index (χ0n) is 9.98. The molecule has 2 aromatic rings. The summed E-state index contributed by atoms with van der Waals surface area (Å²) in [6.07, 6.45) is 1.44. The average Bonchev–Trinajstić information content (AvgIpc) is 2.55. The molecule has 1 aromatic heterocycles. The minimum Gasteiger partial charge on any atom is -0.441 e. The molecule has 4 heteroatoms. The highest BCUT2D eigenvalue weighted by Gasteiger charge is 2.06. The van der Waals surface area contributed by atoms with Crippen molar-refractivity contribution in [3.63, 3.8) is 0 Å². The van der Waals surface area contributed by atoms with Crippen LogP contribution < -0.4 is 4.74 Å². The average molecular weight is 231 g/mol. The Hall–Kier alpha value is -2.10. The molecule has 0 radical (unpaired) electrons. The van der Waals surface area contributed by atoms with E-state index in [0.717, 1.165) is 11.1 Å². The highest BCUT2D eigenvalue weighted by Crippen LogP contribution is 2.21. The second-order valence-corrected chi connectivity index (χ2v) is 4.01. The van der Waals surface area contributed by atoms with Gasteiger partial charge in [-0.2, -0.15) is 0 Å². The van der Waals surface area contributed by atoms with Crippen LogP contribution in [0.3, 0.4) is 0 Å².